The van der Waals surface area contributed by atoms with Crippen LogP contribution < -0.4 is 4.90 Å². The largest absolute Gasteiger partial charge is 0.378 e. The zero-order valence-electron chi connectivity index (χ0n) is 12.1. The molecule has 0 aliphatic rings. The molecule has 21 heavy (non-hydrogen) atoms. The second-order valence-corrected chi connectivity index (χ2v) is 4.84. The topological polar surface area (TPSA) is 71.1 Å². The summed E-state index contributed by atoms with van der Waals surface area (Å²) in [5.41, 5.74) is 3.22. The van der Waals surface area contributed by atoms with Crippen molar-refractivity contribution in [1.29, 1.82) is 0 Å². The van der Waals surface area contributed by atoms with Gasteiger partial charge in [0, 0.05) is 31.9 Å². The fraction of sp³-hybridized carbons (Fsp3) is 0.200. The monoisotopic (exact) mass is 284 g/mol. The van der Waals surface area contributed by atoms with Gasteiger partial charge in [0.2, 0.25) is 0 Å². The van der Waals surface area contributed by atoms with Crippen LogP contribution in [0.25, 0.3) is 0 Å². The smallest absolute Gasteiger partial charge is 0.269 e. The van der Waals surface area contributed by atoms with Crippen LogP contribution in [0, 0.1) is 17.0 Å². The van der Waals surface area contributed by atoms with Gasteiger partial charge in [-0.3, -0.25) is 10.1 Å². The number of nitro groups is 1. The molecule has 0 atom stereocenters. The number of hydrogen-bond acceptors (Lipinski definition) is 5. The Labute approximate surface area is 122 Å². The lowest BCUT2D eigenvalue weighted by Gasteiger charge is -2.11. The Morgan fingerprint density at radius 1 is 1.05 bits per heavy atom. The predicted octanol–water partition coefficient (Wildman–Crippen LogP) is 4.38. The van der Waals surface area contributed by atoms with E-state index in [0.29, 0.717) is 5.69 Å². The third kappa shape index (κ3) is 3.62. The van der Waals surface area contributed by atoms with Gasteiger partial charge in [-0.25, -0.2) is 0 Å². The van der Waals surface area contributed by atoms with E-state index in [9.17, 15) is 10.1 Å². The van der Waals surface area contributed by atoms with Crippen LogP contribution in [-0.2, 0) is 0 Å². The first-order chi connectivity index (χ1) is 9.97. The van der Waals surface area contributed by atoms with Crippen LogP contribution in [0.4, 0.5) is 22.7 Å². The minimum absolute atomic E-state index is 0.0572. The van der Waals surface area contributed by atoms with E-state index in [4.69, 9.17) is 0 Å². The number of nitrogens with zero attached hydrogens (tertiary/aromatic N) is 4. The number of aryl methyl sites for hydroxylation is 1. The zero-order valence-corrected chi connectivity index (χ0v) is 12.1. The third-order valence-electron chi connectivity index (χ3n) is 3.03. The molecule has 0 aliphatic heterocycles. The number of benzene rings is 2. The lowest BCUT2D eigenvalue weighted by Crippen LogP contribution is -2.07. The summed E-state index contributed by atoms with van der Waals surface area (Å²) < 4.78 is 0. The van der Waals surface area contributed by atoms with Crippen LogP contribution in [-0.4, -0.2) is 19.0 Å². The highest BCUT2D eigenvalue weighted by atomic mass is 16.6. The molecule has 0 saturated carbocycles. The van der Waals surface area contributed by atoms with Crippen LogP contribution in [0.2, 0.25) is 0 Å². The average molecular weight is 284 g/mol. The normalized spacial score (nSPS) is 10.8. The number of non-ortho nitro benzene ring substituents is 1. The van der Waals surface area contributed by atoms with Crippen molar-refractivity contribution in [2.45, 2.75) is 6.92 Å². The third-order valence-corrected chi connectivity index (χ3v) is 3.03. The molecule has 2 aromatic carbocycles. The van der Waals surface area contributed by atoms with Gasteiger partial charge >= 0.3 is 0 Å². The molecular weight excluding hydrogens is 268 g/mol. The first kappa shape index (κ1) is 14.6. The summed E-state index contributed by atoms with van der Waals surface area (Å²) in [4.78, 5) is 12.3. The van der Waals surface area contributed by atoms with Crippen LogP contribution in [0.5, 0.6) is 0 Å². The quantitative estimate of drug-likeness (QED) is 0.475. The minimum Gasteiger partial charge on any atom is -0.378 e. The second-order valence-electron chi connectivity index (χ2n) is 4.84. The fourth-order valence-electron chi connectivity index (χ4n) is 1.79. The van der Waals surface area contributed by atoms with Crippen molar-refractivity contribution >= 4 is 22.7 Å². The highest BCUT2D eigenvalue weighted by molar-refractivity contribution is 5.53. The standard InChI is InChI=1S/C15H16N4O2/c1-11-10-14(19(20)21)8-9-15(11)17-16-12-4-6-13(7-5-12)18(2)3/h4-10H,1-3H3. The molecule has 108 valence electrons. The lowest BCUT2D eigenvalue weighted by molar-refractivity contribution is -0.384. The SMILES string of the molecule is Cc1cc([N+](=O)[O-])ccc1N=Nc1ccc(N(C)C)cc1. The average Bonchev–Trinajstić information content (AvgIpc) is 2.46. The summed E-state index contributed by atoms with van der Waals surface area (Å²) in [6.45, 7) is 1.77. The number of hydrogen-bond donors (Lipinski definition) is 0. The van der Waals surface area contributed by atoms with Crippen LogP contribution in [0.1, 0.15) is 5.56 Å². The summed E-state index contributed by atoms with van der Waals surface area (Å²) in [7, 11) is 3.94. The summed E-state index contributed by atoms with van der Waals surface area (Å²) >= 11 is 0. The van der Waals surface area contributed by atoms with Crippen LogP contribution in [0.3, 0.4) is 0 Å². The van der Waals surface area contributed by atoms with Gasteiger partial charge in [-0.15, -0.1) is 0 Å². The Bertz CT molecular complexity index is 679. The number of azo groups is 1. The summed E-state index contributed by atoms with van der Waals surface area (Å²) in [6.07, 6.45) is 0. The van der Waals surface area contributed by atoms with E-state index < -0.39 is 4.92 Å². The molecule has 0 radical (unpaired) electrons. The minimum atomic E-state index is -0.423. The van der Waals surface area contributed by atoms with Gasteiger partial charge < -0.3 is 4.90 Å². The molecular formula is C15H16N4O2. The zero-order chi connectivity index (χ0) is 15.4. The van der Waals surface area contributed by atoms with Crippen LogP contribution in [0.15, 0.2) is 52.7 Å². The number of nitro benzene ring substituents is 1. The van der Waals surface area contributed by atoms with Crippen molar-refractivity contribution in [3.63, 3.8) is 0 Å². The highest BCUT2D eigenvalue weighted by Gasteiger charge is 2.07. The molecule has 0 aliphatic carbocycles. The first-order valence-electron chi connectivity index (χ1n) is 6.41. The van der Waals surface area contributed by atoms with E-state index in [0.717, 1.165) is 16.9 Å². The van der Waals surface area contributed by atoms with E-state index in [-0.39, 0.29) is 5.69 Å². The molecule has 6 heteroatoms. The van der Waals surface area contributed by atoms with Gasteiger partial charge in [0.25, 0.3) is 5.69 Å². The van der Waals surface area contributed by atoms with Crippen molar-refractivity contribution in [2.75, 3.05) is 19.0 Å². The summed E-state index contributed by atoms with van der Waals surface area (Å²) in [5.74, 6) is 0. The molecule has 0 heterocycles. The molecule has 0 bridgehead atoms. The van der Waals surface area contributed by atoms with Gasteiger partial charge in [-0.1, -0.05) is 0 Å². The highest BCUT2D eigenvalue weighted by Crippen LogP contribution is 2.26. The Kier molecular flexibility index (Phi) is 4.27. The number of rotatable bonds is 4. The van der Waals surface area contributed by atoms with Crippen molar-refractivity contribution in [1.82, 2.24) is 0 Å². The Hall–Kier alpha value is -2.76. The predicted molar refractivity (Wildman–Crippen MR) is 82.8 cm³/mol. The van der Waals surface area contributed by atoms with E-state index >= 15 is 0 Å². The van der Waals surface area contributed by atoms with Gasteiger partial charge in [-0.2, -0.15) is 10.2 Å². The summed E-state index contributed by atoms with van der Waals surface area (Å²) in [5, 5.41) is 19.0. The van der Waals surface area contributed by atoms with Crippen molar-refractivity contribution in [2.24, 2.45) is 10.2 Å². The molecule has 2 aromatic rings. The maximum Gasteiger partial charge on any atom is 0.269 e. The fourth-order valence-corrected chi connectivity index (χ4v) is 1.79. The van der Waals surface area contributed by atoms with Crippen LogP contribution >= 0.6 is 0 Å². The number of anilines is 1. The first-order valence-corrected chi connectivity index (χ1v) is 6.41. The van der Waals surface area contributed by atoms with E-state index in [1.54, 1.807) is 13.0 Å². The maximum atomic E-state index is 10.7. The van der Waals surface area contributed by atoms with Gasteiger partial charge in [-0.05, 0) is 42.8 Å². The molecule has 0 unspecified atom stereocenters. The van der Waals surface area contributed by atoms with Gasteiger partial charge in [0.05, 0.1) is 16.3 Å². The Morgan fingerprint density at radius 3 is 2.24 bits per heavy atom. The Balaban J connectivity index is 2.19. The van der Waals surface area contributed by atoms with E-state index in [1.807, 2.05) is 43.3 Å². The maximum absolute atomic E-state index is 10.7. The lowest BCUT2D eigenvalue weighted by atomic mass is 10.2. The van der Waals surface area contributed by atoms with Crippen molar-refractivity contribution in [3.8, 4) is 0 Å². The molecule has 0 amide bonds. The molecule has 0 spiro atoms. The molecule has 2 rings (SSSR count). The van der Waals surface area contributed by atoms with E-state index in [2.05, 4.69) is 10.2 Å². The summed E-state index contributed by atoms with van der Waals surface area (Å²) in [6, 6.07) is 12.2. The van der Waals surface area contributed by atoms with Crippen molar-refractivity contribution < 1.29 is 4.92 Å². The van der Waals surface area contributed by atoms with E-state index in [1.165, 1.54) is 12.1 Å². The van der Waals surface area contributed by atoms with Gasteiger partial charge in [0.15, 0.2) is 0 Å². The van der Waals surface area contributed by atoms with Crippen molar-refractivity contribution in [3.05, 3.63) is 58.1 Å². The molecule has 0 saturated heterocycles. The molecule has 6 nitrogen and oxygen atoms in total. The molecule has 0 N–H and O–H groups in total. The molecule has 0 fully saturated rings. The second kappa shape index (κ2) is 6.13. The Morgan fingerprint density at radius 2 is 1.71 bits per heavy atom. The van der Waals surface area contributed by atoms with Gasteiger partial charge in [0.1, 0.15) is 0 Å². The molecule has 0 aromatic heterocycles.